The molecule has 1 atom stereocenters. The third-order valence-corrected chi connectivity index (χ3v) is 5.08. The second kappa shape index (κ2) is 9.37. The Labute approximate surface area is 175 Å². The molecule has 4 aromatic rings. The molecule has 2 aromatic heterocycles. The van der Waals surface area contributed by atoms with Crippen LogP contribution in [0.1, 0.15) is 28.9 Å². The maximum absolute atomic E-state index is 11.3. The minimum absolute atomic E-state index is 0.0260. The SMILES string of the molecule is NC(=O)c1cn(C[C@H](CCCn2ncc3ccccc32)OCc2ccccc2)cn1. The molecule has 0 aliphatic carbocycles. The monoisotopic (exact) mass is 403 g/mol. The van der Waals surface area contributed by atoms with Crippen molar-refractivity contribution in [1.82, 2.24) is 19.3 Å². The second-order valence-electron chi connectivity index (χ2n) is 7.31. The highest BCUT2D eigenvalue weighted by atomic mass is 16.5. The average molecular weight is 403 g/mol. The average Bonchev–Trinajstić information content (AvgIpc) is 3.40. The van der Waals surface area contributed by atoms with Crippen molar-refractivity contribution in [2.75, 3.05) is 0 Å². The molecule has 0 bridgehead atoms. The Balaban J connectivity index is 1.39. The topological polar surface area (TPSA) is 88.0 Å². The molecule has 7 heteroatoms. The number of hydrogen-bond acceptors (Lipinski definition) is 4. The van der Waals surface area contributed by atoms with Crippen LogP contribution in [0.4, 0.5) is 0 Å². The highest BCUT2D eigenvalue weighted by Gasteiger charge is 2.13. The van der Waals surface area contributed by atoms with E-state index in [4.69, 9.17) is 10.5 Å². The Kier molecular flexibility index (Phi) is 6.20. The summed E-state index contributed by atoms with van der Waals surface area (Å²) in [7, 11) is 0. The molecule has 0 aliphatic rings. The van der Waals surface area contributed by atoms with Gasteiger partial charge in [0.25, 0.3) is 5.91 Å². The highest BCUT2D eigenvalue weighted by Crippen LogP contribution is 2.15. The zero-order valence-electron chi connectivity index (χ0n) is 16.7. The number of rotatable bonds is 10. The van der Waals surface area contributed by atoms with Crippen LogP contribution in [-0.2, 0) is 24.4 Å². The number of carbonyl (C=O) groups excluding carboxylic acids is 1. The van der Waals surface area contributed by atoms with Gasteiger partial charge in [0.2, 0.25) is 0 Å². The van der Waals surface area contributed by atoms with E-state index < -0.39 is 5.91 Å². The molecular formula is C23H25N5O2. The fourth-order valence-electron chi connectivity index (χ4n) is 3.51. The molecule has 0 aliphatic heterocycles. The van der Waals surface area contributed by atoms with Gasteiger partial charge in [-0.15, -0.1) is 0 Å². The number of fused-ring (bicyclic) bond motifs is 1. The normalized spacial score (nSPS) is 12.3. The summed E-state index contributed by atoms with van der Waals surface area (Å²) in [4.78, 5) is 15.4. The number of hydrogen-bond donors (Lipinski definition) is 1. The molecule has 7 nitrogen and oxygen atoms in total. The largest absolute Gasteiger partial charge is 0.372 e. The molecule has 0 fully saturated rings. The molecule has 4 rings (SSSR count). The Hall–Kier alpha value is -3.45. The number of aryl methyl sites for hydroxylation is 1. The molecule has 2 N–H and O–H groups in total. The number of benzene rings is 2. The van der Waals surface area contributed by atoms with Gasteiger partial charge in [-0.25, -0.2) is 4.98 Å². The summed E-state index contributed by atoms with van der Waals surface area (Å²) >= 11 is 0. The predicted molar refractivity (Wildman–Crippen MR) is 115 cm³/mol. The van der Waals surface area contributed by atoms with Crippen LogP contribution >= 0.6 is 0 Å². The number of primary amides is 1. The van der Waals surface area contributed by atoms with E-state index in [2.05, 4.69) is 34.3 Å². The number of amides is 1. The molecule has 2 aromatic carbocycles. The van der Waals surface area contributed by atoms with E-state index >= 15 is 0 Å². The van der Waals surface area contributed by atoms with Crippen molar-refractivity contribution in [2.24, 2.45) is 5.73 Å². The number of carbonyl (C=O) groups is 1. The first-order valence-electron chi connectivity index (χ1n) is 10.1. The van der Waals surface area contributed by atoms with Crippen molar-refractivity contribution in [3.63, 3.8) is 0 Å². The summed E-state index contributed by atoms with van der Waals surface area (Å²) in [6.45, 7) is 1.95. The van der Waals surface area contributed by atoms with Crippen molar-refractivity contribution >= 4 is 16.8 Å². The van der Waals surface area contributed by atoms with Crippen LogP contribution in [0.3, 0.4) is 0 Å². The maximum atomic E-state index is 11.3. The van der Waals surface area contributed by atoms with E-state index in [1.165, 1.54) is 0 Å². The molecule has 0 saturated heterocycles. The first kappa shape index (κ1) is 19.8. The summed E-state index contributed by atoms with van der Waals surface area (Å²) in [6, 6.07) is 18.3. The van der Waals surface area contributed by atoms with Crippen LogP contribution in [0.5, 0.6) is 0 Å². The zero-order valence-corrected chi connectivity index (χ0v) is 16.7. The lowest BCUT2D eigenvalue weighted by Crippen LogP contribution is -2.20. The van der Waals surface area contributed by atoms with Gasteiger partial charge in [-0.2, -0.15) is 5.10 Å². The lowest BCUT2D eigenvalue weighted by Gasteiger charge is -2.19. The van der Waals surface area contributed by atoms with Crippen LogP contribution in [-0.4, -0.2) is 31.3 Å². The first-order valence-corrected chi connectivity index (χ1v) is 10.1. The van der Waals surface area contributed by atoms with Crippen molar-refractivity contribution in [2.45, 2.75) is 38.6 Å². The molecule has 0 saturated carbocycles. The quantitative estimate of drug-likeness (QED) is 0.440. The number of aromatic nitrogens is 4. The van der Waals surface area contributed by atoms with Gasteiger partial charge in [0, 0.05) is 24.7 Å². The third kappa shape index (κ3) is 4.93. The summed E-state index contributed by atoms with van der Waals surface area (Å²) in [5.41, 5.74) is 7.85. The maximum Gasteiger partial charge on any atom is 0.268 e. The number of ether oxygens (including phenoxy) is 1. The van der Waals surface area contributed by atoms with Crippen LogP contribution in [0.25, 0.3) is 10.9 Å². The van der Waals surface area contributed by atoms with Gasteiger partial charge < -0.3 is 15.0 Å². The third-order valence-electron chi connectivity index (χ3n) is 5.08. The number of imidazole rings is 1. The Morgan fingerprint density at radius 1 is 1.10 bits per heavy atom. The molecule has 0 unspecified atom stereocenters. The first-order chi connectivity index (χ1) is 14.7. The minimum Gasteiger partial charge on any atom is -0.372 e. The second-order valence-corrected chi connectivity index (χ2v) is 7.31. The fraction of sp³-hybridized carbons (Fsp3) is 0.261. The molecule has 1 amide bonds. The number of para-hydroxylation sites is 1. The molecular weight excluding hydrogens is 378 g/mol. The smallest absolute Gasteiger partial charge is 0.268 e. The zero-order chi connectivity index (χ0) is 20.8. The Morgan fingerprint density at radius 2 is 1.90 bits per heavy atom. The molecule has 0 radical (unpaired) electrons. The van der Waals surface area contributed by atoms with E-state index in [1.807, 2.05) is 45.8 Å². The molecule has 30 heavy (non-hydrogen) atoms. The van der Waals surface area contributed by atoms with Gasteiger partial charge in [-0.05, 0) is 24.5 Å². The van der Waals surface area contributed by atoms with Crippen molar-refractivity contribution < 1.29 is 9.53 Å². The minimum atomic E-state index is -0.527. The van der Waals surface area contributed by atoms with Gasteiger partial charge in [-0.3, -0.25) is 9.48 Å². The Morgan fingerprint density at radius 3 is 2.70 bits per heavy atom. The summed E-state index contributed by atoms with van der Waals surface area (Å²) in [5.74, 6) is -0.527. The van der Waals surface area contributed by atoms with E-state index in [1.54, 1.807) is 12.5 Å². The van der Waals surface area contributed by atoms with Crippen molar-refractivity contribution in [3.8, 4) is 0 Å². The van der Waals surface area contributed by atoms with Gasteiger partial charge in [0.1, 0.15) is 5.69 Å². The lowest BCUT2D eigenvalue weighted by atomic mass is 10.1. The number of nitrogens with two attached hydrogens (primary N) is 1. The van der Waals surface area contributed by atoms with Crippen LogP contribution in [0.2, 0.25) is 0 Å². The molecule has 154 valence electrons. The summed E-state index contributed by atoms with van der Waals surface area (Å²) in [5, 5.41) is 5.65. The van der Waals surface area contributed by atoms with Crippen LogP contribution < -0.4 is 5.73 Å². The van der Waals surface area contributed by atoms with Gasteiger partial charge in [0.05, 0.1) is 30.8 Å². The van der Waals surface area contributed by atoms with E-state index in [9.17, 15) is 4.79 Å². The van der Waals surface area contributed by atoms with E-state index in [0.29, 0.717) is 13.2 Å². The van der Waals surface area contributed by atoms with Gasteiger partial charge in [0.15, 0.2) is 0 Å². The van der Waals surface area contributed by atoms with Crippen molar-refractivity contribution in [1.29, 1.82) is 0 Å². The fourth-order valence-corrected chi connectivity index (χ4v) is 3.51. The van der Waals surface area contributed by atoms with Gasteiger partial charge in [-0.1, -0.05) is 48.5 Å². The number of nitrogens with zero attached hydrogens (tertiary/aromatic N) is 4. The molecule has 0 spiro atoms. The standard InChI is InChI=1S/C23H25N5O2/c24-23(29)21-15-27(17-25-21)14-20(30-16-18-7-2-1-3-8-18)10-6-12-28-22-11-5-4-9-19(22)13-26-28/h1-5,7-9,11,13,15,17,20H,6,10,12,14,16H2,(H2,24,29)/t20-/m0/s1. The Bertz CT molecular complexity index is 1100. The van der Waals surface area contributed by atoms with Gasteiger partial charge >= 0.3 is 0 Å². The summed E-state index contributed by atoms with van der Waals surface area (Å²) < 4.78 is 10.1. The lowest BCUT2D eigenvalue weighted by molar-refractivity contribution is 0.0217. The van der Waals surface area contributed by atoms with Crippen LogP contribution in [0, 0.1) is 0 Å². The highest BCUT2D eigenvalue weighted by molar-refractivity contribution is 5.90. The van der Waals surface area contributed by atoms with E-state index in [0.717, 1.165) is 35.9 Å². The molecule has 2 heterocycles. The van der Waals surface area contributed by atoms with E-state index in [-0.39, 0.29) is 11.8 Å². The van der Waals surface area contributed by atoms with Crippen molar-refractivity contribution in [3.05, 3.63) is 84.6 Å². The van der Waals surface area contributed by atoms with Crippen LogP contribution in [0.15, 0.2) is 73.3 Å². The summed E-state index contributed by atoms with van der Waals surface area (Å²) in [6.07, 6.45) is 6.94. The predicted octanol–water partition coefficient (Wildman–Crippen LogP) is 3.40.